The van der Waals surface area contributed by atoms with Crippen molar-refractivity contribution in [2.24, 2.45) is 5.73 Å². The van der Waals surface area contributed by atoms with Crippen molar-refractivity contribution in [1.82, 2.24) is 4.90 Å². The maximum atomic E-state index is 7.08. The molecule has 3 N–H and O–H groups in total. The van der Waals surface area contributed by atoms with Crippen molar-refractivity contribution in [3.63, 3.8) is 0 Å². The molecule has 12 heavy (non-hydrogen) atoms. The molecular formula is C8H19N3S. The van der Waals surface area contributed by atoms with Crippen molar-refractivity contribution in [1.29, 1.82) is 5.41 Å². The summed E-state index contributed by atoms with van der Waals surface area (Å²) in [5.41, 5.74) is 5.27. The summed E-state index contributed by atoms with van der Waals surface area (Å²) in [4.78, 5) is 2.23. The fourth-order valence-electron chi connectivity index (χ4n) is 0.886. The molecule has 0 radical (unpaired) electrons. The maximum Gasteiger partial charge on any atom is 0.0918 e. The molecule has 0 saturated carbocycles. The SMILES string of the molecule is CSCC(C)N(C)CCC(=N)N. The lowest BCUT2D eigenvalue weighted by Gasteiger charge is -2.23. The Kier molecular flexibility index (Phi) is 6.20. The monoisotopic (exact) mass is 189 g/mol. The van der Waals surface area contributed by atoms with E-state index in [1.165, 1.54) is 0 Å². The predicted molar refractivity (Wildman–Crippen MR) is 57.0 cm³/mol. The van der Waals surface area contributed by atoms with Crippen LogP contribution in [0.2, 0.25) is 0 Å². The molecule has 0 saturated heterocycles. The number of thioether (sulfide) groups is 1. The summed E-state index contributed by atoms with van der Waals surface area (Å²) in [6, 6.07) is 0.569. The molecule has 3 nitrogen and oxygen atoms in total. The Labute approximate surface area is 79.2 Å². The molecule has 0 bridgehead atoms. The maximum absolute atomic E-state index is 7.08. The van der Waals surface area contributed by atoms with E-state index < -0.39 is 0 Å². The van der Waals surface area contributed by atoms with Crippen LogP contribution in [0.5, 0.6) is 0 Å². The Morgan fingerprint density at radius 2 is 2.25 bits per heavy atom. The van der Waals surface area contributed by atoms with Crippen LogP contribution in [0.1, 0.15) is 13.3 Å². The lowest BCUT2D eigenvalue weighted by molar-refractivity contribution is 0.286. The lowest BCUT2D eigenvalue weighted by atomic mass is 10.3. The Bertz CT molecular complexity index is 138. The number of hydrogen-bond acceptors (Lipinski definition) is 3. The van der Waals surface area contributed by atoms with Crippen molar-refractivity contribution >= 4 is 17.6 Å². The van der Waals surface area contributed by atoms with E-state index in [4.69, 9.17) is 11.1 Å². The van der Waals surface area contributed by atoms with Crippen LogP contribution in [0.4, 0.5) is 0 Å². The minimum absolute atomic E-state index is 0.276. The van der Waals surface area contributed by atoms with Gasteiger partial charge in [-0.15, -0.1) is 0 Å². The van der Waals surface area contributed by atoms with Crippen molar-refractivity contribution in [2.45, 2.75) is 19.4 Å². The molecule has 0 heterocycles. The van der Waals surface area contributed by atoms with Gasteiger partial charge < -0.3 is 10.6 Å². The van der Waals surface area contributed by atoms with E-state index >= 15 is 0 Å². The smallest absolute Gasteiger partial charge is 0.0918 e. The molecule has 0 amide bonds. The first kappa shape index (κ1) is 11.8. The minimum atomic E-state index is 0.276. The van der Waals surface area contributed by atoms with E-state index in [0.717, 1.165) is 12.3 Å². The van der Waals surface area contributed by atoms with Crippen LogP contribution in [-0.4, -0.2) is 42.4 Å². The molecule has 0 spiro atoms. The summed E-state index contributed by atoms with van der Waals surface area (Å²) < 4.78 is 0. The molecule has 72 valence electrons. The molecule has 0 aromatic heterocycles. The fourth-order valence-corrected chi connectivity index (χ4v) is 1.62. The van der Waals surface area contributed by atoms with Gasteiger partial charge in [-0.3, -0.25) is 5.41 Å². The highest BCUT2D eigenvalue weighted by atomic mass is 32.2. The molecule has 0 aliphatic heterocycles. The van der Waals surface area contributed by atoms with Crippen LogP contribution >= 0.6 is 11.8 Å². The number of amidine groups is 1. The van der Waals surface area contributed by atoms with Gasteiger partial charge in [0.25, 0.3) is 0 Å². The van der Waals surface area contributed by atoms with Crippen molar-refractivity contribution in [2.75, 3.05) is 25.6 Å². The number of rotatable bonds is 6. The van der Waals surface area contributed by atoms with Gasteiger partial charge >= 0.3 is 0 Å². The molecule has 4 heteroatoms. The third-order valence-electron chi connectivity index (χ3n) is 1.89. The summed E-state index contributed by atoms with van der Waals surface area (Å²) in [5.74, 6) is 1.41. The summed E-state index contributed by atoms with van der Waals surface area (Å²) in [6.07, 6.45) is 2.78. The Hall–Kier alpha value is -0.220. The predicted octanol–water partition coefficient (Wildman–Crippen LogP) is 0.996. The first-order chi connectivity index (χ1) is 5.57. The van der Waals surface area contributed by atoms with Crippen LogP contribution in [0.15, 0.2) is 0 Å². The Morgan fingerprint density at radius 1 is 1.67 bits per heavy atom. The van der Waals surface area contributed by atoms with E-state index in [1.807, 2.05) is 11.8 Å². The standard InChI is InChI=1S/C8H19N3S/c1-7(6-12-3)11(2)5-4-8(9)10/h7H,4-6H2,1-3H3,(H3,9,10). The highest BCUT2D eigenvalue weighted by Crippen LogP contribution is 2.03. The van der Waals surface area contributed by atoms with Gasteiger partial charge in [-0.05, 0) is 20.2 Å². The van der Waals surface area contributed by atoms with Crippen molar-refractivity contribution < 1.29 is 0 Å². The van der Waals surface area contributed by atoms with Crippen LogP contribution in [0.3, 0.4) is 0 Å². The van der Waals surface area contributed by atoms with Gasteiger partial charge in [0, 0.05) is 24.8 Å². The quantitative estimate of drug-likeness (QED) is 0.484. The fraction of sp³-hybridized carbons (Fsp3) is 0.875. The second kappa shape index (κ2) is 6.31. The zero-order chi connectivity index (χ0) is 9.56. The van der Waals surface area contributed by atoms with E-state index in [2.05, 4.69) is 25.1 Å². The topological polar surface area (TPSA) is 53.1 Å². The van der Waals surface area contributed by atoms with Gasteiger partial charge in [0.15, 0.2) is 0 Å². The van der Waals surface area contributed by atoms with Crippen LogP contribution in [-0.2, 0) is 0 Å². The molecule has 0 aliphatic carbocycles. The second-order valence-electron chi connectivity index (χ2n) is 3.06. The van der Waals surface area contributed by atoms with E-state index in [-0.39, 0.29) is 5.84 Å². The average molecular weight is 189 g/mol. The van der Waals surface area contributed by atoms with Crippen molar-refractivity contribution in [3.05, 3.63) is 0 Å². The molecule has 1 unspecified atom stereocenters. The van der Waals surface area contributed by atoms with Gasteiger partial charge in [0.1, 0.15) is 0 Å². The van der Waals surface area contributed by atoms with Crippen molar-refractivity contribution in [3.8, 4) is 0 Å². The molecule has 1 atom stereocenters. The molecule has 0 aliphatic rings. The average Bonchev–Trinajstić information content (AvgIpc) is 2.00. The molecule has 0 aromatic carbocycles. The number of nitrogens with two attached hydrogens (primary N) is 1. The van der Waals surface area contributed by atoms with E-state index in [9.17, 15) is 0 Å². The summed E-state index contributed by atoms with van der Waals surface area (Å²) in [5, 5.41) is 7.08. The summed E-state index contributed by atoms with van der Waals surface area (Å²) >= 11 is 1.85. The Morgan fingerprint density at radius 3 is 2.67 bits per heavy atom. The van der Waals surface area contributed by atoms with Gasteiger partial charge in [-0.1, -0.05) is 0 Å². The minimum Gasteiger partial charge on any atom is -0.388 e. The van der Waals surface area contributed by atoms with E-state index in [1.54, 1.807) is 0 Å². The van der Waals surface area contributed by atoms with Crippen LogP contribution in [0, 0.1) is 5.41 Å². The highest BCUT2D eigenvalue weighted by molar-refractivity contribution is 7.98. The molecule has 0 aromatic rings. The van der Waals surface area contributed by atoms with Gasteiger partial charge in [-0.25, -0.2) is 0 Å². The van der Waals surface area contributed by atoms with Gasteiger partial charge in [-0.2, -0.15) is 11.8 Å². The number of nitrogens with one attached hydrogen (secondary N) is 1. The number of hydrogen-bond donors (Lipinski definition) is 2. The zero-order valence-corrected chi connectivity index (χ0v) is 8.95. The first-order valence-corrected chi connectivity index (χ1v) is 5.49. The first-order valence-electron chi connectivity index (χ1n) is 4.10. The summed E-state index contributed by atoms with van der Waals surface area (Å²) in [7, 11) is 2.07. The largest absolute Gasteiger partial charge is 0.388 e. The van der Waals surface area contributed by atoms with Crippen LogP contribution < -0.4 is 5.73 Å². The third kappa shape index (κ3) is 5.43. The third-order valence-corrected chi connectivity index (χ3v) is 2.71. The molecule has 0 fully saturated rings. The molecule has 0 rings (SSSR count). The molecular weight excluding hydrogens is 170 g/mol. The highest BCUT2D eigenvalue weighted by Gasteiger charge is 2.07. The van der Waals surface area contributed by atoms with Gasteiger partial charge in [0.2, 0.25) is 0 Å². The zero-order valence-electron chi connectivity index (χ0n) is 8.13. The normalized spacial score (nSPS) is 13.3. The summed E-state index contributed by atoms with van der Waals surface area (Å²) in [6.45, 7) is 3.08. The number of nitrogens with zero attached hydrogens (tertiary/aromatic N) is 1. The second-order valence-corrected chi connectivity index (χ2v) is 3.97. The van der Waals surface area contributed by atoms with Gasteiger partial charge in [0.05, 0.1) is 5.84 Å². The Balaban J connectivity index is 3.55. The van der Waals surface area contributed by atoms with Crippen LogP contribution in [0.25, 0.3) is 0 Å². The lowest BCUT2D eigenvalue weighted by Crippen LogP contribution is -2.33. The van der Waals surface area contributed by atoms with E-state index in [0.29, 0.717) is 12.5 Å².